The minimum Gasteiger partial charge on any atom is -0.452 e. The summed E-state index contributed by atoms with van der Waals surface area (Å²) in [4.78, 5) is 39.2. The van der Waals surface area contributed by atoms with Crippen LogP contribution in [0, 0.1) is 11.8 Å². The summed E-state index contributed by atoms with van der Waals surface area (Å²) in [6.07, 6.45) is 2.14. The van der Waals surface area contributed by atoms with Crippen LogP contribution in [-0.4, -0.2) is 54.8 Å². The van der Waals surface area contributed by atoms with Crippen molar-refractivity contribution in [1.29, 1.82) is 0 Å². The second-order valence-electron chi connectivity index (χ2n) is 6.82. The van der Waals surface area contributed by atoms with Gasteiger partial charge in [-0.25, -0.2) is 13.2 Å². The molecular formula is C17H24N4O6S. The highest BCUT2D eigenvalue weighted by Gasteiger charge is 2.35. The fourth-order valence-corrected chi connectivity index (χ4v) is 4.32. The first kappa shape index (κ1) is 21.8. The van der Waals surface area contributed by atoms with Gasteiger partial charge in [-0.3, -0.25) is 19.9 Å². The number of imide groups is 1. The summed E-state index contributed by atoms with van der Waals surface area (Å²) in [5.74, 6) is -2.29. The second-order valence-corrected chi connectivity index (χ2v) is 8.76. The molecule has 1 unspecified atom stereocenters. The number of nitrogens with zero attached hydrogens (tertiary/aromatic N) is 2. The van der Waals surface area contributed by atoms with E-state index >= 15 is 0 Å². The van der Waals surface area contributed by atoms with Crippen molar-refractivity contribution >= 4 is 27.9 Å². The lowest BCUT2D eigenvalue weighted by atomic mass is 9.98. The number of sulfonamides is 1. The van der Waals surface area contributed by atoms with Gasteiger partial charge in [0.25, 0.3) is 5.91 Å². The van der Waals surface area contributed by atoms with Crippen LogP contribution in [0.15, 0.2) is 29.4 Å². The SMILES string of the molecule is CC(C)C(OC(=O)C1CCN(S(=O)(=O)c2cccnc2)CC1)C(=O)NC(N)=O. The number of rotatable bonds is 6. The number of aromatic nitrogens is 1. The van der Waals surface area contributed by atoms with Crippen LogP contribution in [0.25, 0.3) is 0 Å². The Morgan fingerprint density at radius 3 is 2.43 bits per heavy atom. The zero-order chi connectivity index (χ0) is 20.9. The van der Waals surface area contributed by atoms with Crippen LogP contribution in [0.1, 0.15) is 26.7 Å². The van der Waals surface area contributed by atoms with E-state index in [1.54, 1.807) is 19.9 Å². The van der Waals surface area contributed by atoms with Crippen molar-refractivity contribution in [2.75, 3.05) is 13.1 Å². The number of hydrogen-bond donors (Lipinski definition) is 2. The largest absolute Gasteiger partial charge is 0.452 e. The molecule has 1 fully saturated rings. The van der Waals surface area contributed by atoms with Gasteiger partial charge in [-0.2, -0.15) is 4.31 Å². The van der Waals surface area contributed by atoms with Crippen molar-refractivity contribution < 1.29 is 27.5 Å². The van der Waals surface area contributed by atoms with E-state index < -0.39 is 40.0 Å². The van der Waals surface area contributed by atoms with Crippen LogP contribution in [0.4, 0.5) is 4.79 Å². The van der Waals surface area contributed by atoms with Crippen molar-refractivity contribution in [2.45, 2.75) is 37.7 Å². The van der Waals surface area contributed by atoms with E-state index in [1.807, 2.05) is 5.32 Å². The predicted molar refractivity (Wildman–Crippen MR) is 98.2 cm³/mol. The Labute approximate surface area is 163 Å². The first-order chi connectivity index (χ1) is 13.1. The highest BCUT2D eigenvalue weighted by atomic mass is 32.2. The highest BCUT2D eigenvalue weighted by Crippen LogP contribution is 2.25. The number of pyridine rings is 1. The van der Waals surface area contributed by atoms with Crippen LogP contribution in [0.3, 0.4) is 0 Å². The lowest BCUT2D eigenvalue weighted by molar-refractivity contribution is -0.163. The van der Waals surface area contributed by atoms with Crippen molar-refractivity contribution in [3.05, 3.63) is 24.5 Å². The molecule has 0 bridgehead atoms. The van der Waals surface area contributed by atoms with Crippen molar-refractivity contribution in [1.82, 2.24) is 14.6 Å². The maximum Gasteiger partial charge on any atom is 0.318 e. The summed E-state index contributed by atoms with van der Waals surface area (Å²) in [6, 6.07) is 1.98. The normalized spacial score (nSPS) is 17.1. The molecule has 1 saturated heterocycles. The molecule has 1 aliphatic rings. The Morgan fingerprint density at radius 2 is 1.93 bits per heavy atom. The molecular weight excluding hydrogens is 388 g/mol. The molecule has 0 aromatic carbocycles. The molecule has 2 rings (SSSR count). The molecule has 3 amide bonds. The topological polar surface area (TPSA) is 149 Å². The number of ether oxygens (including phenoxy) is 1. The third kappa shape index (κ3) is 5.26. The van der Waals surface area contributed by atoms with Gasteiger partial charge in [-0.1, -0.05) is 13.8 Å². The second kappa shape index (κ2) is 9.11. The van der Waals surface area contributed by atoms with E-state index in [9.17, 15) is 22.8 Å². The fourth-order valence-electron chi connectivity index (χ4n) is 2.89. The number of piperidine rings is 1. The van der Waals surface area contributed by atoms with Gasteiger partial charge in [0.1, 0.15) is 4.90 Å². The van der Waals surface area contributed by atoms with E-state index in [4.69, 9.17) is 10.5 Å². The number of primary amides is 1. The fraction of sp³-hybridized carbons (Fsp3) is 0.529. The van der Waals surface area contributed by atoms with Crippen molar-refractivity contribution in [2.24, 2.45) is 17.6 Å². The van der Waals surface area contributed by atoms with Gasteiger partial charge in [0, 0.05) is 25.5 Å². The average molecular weight is 412 g/mol. The summed E-state index contributed by atoms with van der Waals surface area (Å²) in [5, 5.41) is 1.91. The maximum atomic E-state index is 12.6. The van der Waals surface area contributed by atoms with E-state index in [0.717, 1.165) is 0 Å². The zero-order valence-electron chi connectivity index (χ0n) is 15.7. The minimum absolute atomic E-state index is 0.0963. The molecule has 0 saturated carbocycles. The molecule has 3 N–H and O–H groups in total. The van der Waals surface area contributed by atoms with E-state index in [1.165, 1.54) is 22.8 Å². The van der Waals surface area contributed by atoms with Crippen molar-refractivity contribution in [3.8, 4) is 0 Å². The number of amides is 3. The summed E-state index contributed by atoms with van der Waals surface area (Å²) < 4.78 is 31.8. The molecule has 1 aromatic heterocycles. The molecule has 28 heavy (non-hydrogen) atoms. The number of carbonyl (C=O) groups is 3. The van der Waals surface area contributed by atoms with Gasteiger partial charge in [0.05, 0.1) is 5.92 Å². The molecule has 1 atom stereocenters. The molecule has 2 heterocycles. The van der Waals surface area contributed by atoms with Gasteiger partial charge >= 0.3 is 12.0 Å². The Bertz CT molecular complexity index is 819. The van der Waals surface area contributed by atoms with Gasteiger partial charge in [0.2, 0.25) is 10.0 Å². The standard InChI is InChI=1S/C17H24N4O6S/c1-11(2)14(15(22)20-17(18)24)27-16(23)12-5-8-21(9-6-12)28(25,26)13-4-3-7-19-10-13/h3-4,7,10-12,14H,5-6,8-9H2,1-2H3,(H3,18,20,22,24). The van der Waals surface area contributed by atoms with Gasteiger partial charge < -0.3 is 10.5 Å². The quantitative estimate of drug-likeness (QED) is 0.636. The predicted octanol–water partition coefficient (Wildman–Crippen LogP) is 0.245. The Morgan fingerprint density at radius 1 is 1.29 bits per heavy atom. The third-order valence-corrected chi connectivity index (χ3v) is 6.30. The zero-order valence-corrected chi connectivity index (χ0v) is 16.5. The molecule has 0 aliphatic carbocycles. The Hall–Kier alpha value is -2.53. The third-order valence-electron chi connectivity index (χ3n) is 4.41. The van der Waals surface area contributed by atoms with Gasteiger partial charge in [-0.05, 0) is 30.9 Å². The Kier molecular flexibility index (Phi) is 7.08. The molecule has 0 spiro atoms. The maximum absolute atomic E-state index is 12.6. The molecule has 1 aromatic rings. The van der Waals surface area contributed by atoms with Gasteiger partial charge in [0.15, 0.2) is 6.10 Å². The lowest BCUT2D eigenvalue weighted by Gasteiger charge is -2.31. The summed E-state index contributed by atoms with van der Waals surface area (Å²) in [5.41, 5.74) is 4.93. The number of carbonyl (C=O) groups excluding carboxylic acids is 3. The number of nitrogens with two attached hydrogens (primary N) is 1. The van der Waals surface area contributed by atoms with Gasteiger partial charge in [-0.15, -0.1) is 0 Å². The summed E-state index contributed by atoms with van der Waals surface area (Å²) in [6.45, 7) is 3.64. The van der Waals surface area contributed by atoms with E-state index in [2.05, 4.69) is 4.98 Å². The lowest BCUT2D eigenvalue weighted by Crippen LogP contribution is -2.47. The highest BCUT2D eigenvalue weighted by molar-refractivity contribution is 7.89. The van der Waals surface area contributed by atoms with E-state index in [0.29, 0.717) is 0 Å². The van der Waals surface area contributed by atoms with Crippen molar-refractivity contribution in [3.63, 3.8) is 0 Å². The number of nitrogens with one attached hydrogen (secondary N) is 1. The van der Waals surface area contributed by atoms with E-state index in [-0.39, 0.29) is 36.7 Å². The molecule has 10 nitrogen and oxygen atoms in total. The van der Waals surface area contributed by atoms with Crippen LogP contribution >= 0.6 is 0 Å². The monoisotopic (exact) mass is 412 g/mol. The molecule has 11 heteroatoms. The molecule has 1 aliphatic heterocycles. The first-order valence-corrected chi connectivity index (χ1v) is 10.3. The average Bonchev–Trinajstić information content (AvgIpc) is 2.65. The number of hydrogen-bond acceptors (Lipinski definition) is 7. The van der Waals surface area contributed by atoms with Crippen LogP contribution in [0.5, 0.6) is 0 Å². The molecule has 154 valence electrons. The molecule has 0 radical (unpaired) electrons. The smallest absolute Gasteiger partial charge is 0.318 e. The summed E-state index contributed by atoms with van der Waals surface area (Å²) >= 11 is 0. The van der Waals surface area contributed by atoms with Crippen LogP contribution in [0.2, 0.25) is 0 Å². The summed E-state index contributed by atoms with van der Waals surface area (Å²) in [7, 11) is -3.67. The Balaban J connectivity index is 1.97. The first-order valence-electron chi connectivity index (χ1n) is 8.84. The minimum atomic E-state index is -3.67. The number of urea groups is 1. The van der Waals surface area contributed by atoms with Crippen LogP contribution < -0.4 is 11.1 Å². The van der Waals surface area contributed by atoms with Crippen LogP contribution in [-0.2, 0) is 24.3 Å². The number of esters is 1.